The van der Waals surface area contributed by atoms with Crippen LogP contribution in [0.25, 0.3) is 0 Å². The summed E-state index contributed by atoms with van der Waals surface area (Å²) in [6, 6.07) is 5.90. The number of hydrogen-bond donors (Lipinski definition) is 0. The Morgan fingerprint density at radius 2 is 1.62 bits per heavy atom. The number of ether oxygens (including phenoxy) is 2. The molecule has 2 saturated heterocycles. The maximum atomic E-state index is 13.5. The van der Waals surface area contributed by atoms with Gasteiger partial charge < -0.3 is 24.2 Å². The highest BCUT2D eigenvalue weighted by atomic mass is 35.5. The molecule has 1 atom stereocenters. The van der Waals surface area contributed by atoms with Crippen LogP contribution in [0, 0.1) is 5.41 Å². The van der Waals surface area contributed by atoms with Gasteiger partial charge in [-0.05, 0) is 50.1 Å². The lowest BCUT2D eigenvalue weighted by Crippen LogP contribution is -2.45. The second kappa shape index (κ2) is 12.7. The van der Waals surface area contributed by atoms with E-state index in [9.17, 15) is 9.59 Å². The van der Waals surface area contributed by atoms with Crippen molar-refractivity contribution < 1.29 is 23.6 Å². The summed E-state index contributed by atoms with van der Waals surface area (Å²) in [5.41, 5.74) is 5.75. The number of halogens is 2. The van der Waals surface area contributed by atoms with E-state index >= 15 is 0 Å². The quantitative estimate of drug-likeness (QED) is 0.318. The minimum absolute atomic E-state index is 0.0742. The molecule has 0 aromatic heterocycles. The van der Waals surface area contributed by atoms with Gasteiger partial charge in [-0.1, -0.05) is 37.6 Å². The van der Waals surface area contributed by atoms with Crippen LogP contribution in [0.5, 0.6) is 0 Å². The van der Waals surface area contributed by atoms with Crippen LogP contribution in [0.15, 0.2) is 65.5 Å². The molecule has 6 rings (SSSR count). The first kappa shape index (κ1) is 32.0. The summed E-state index contributed by atoms with van der Waals surface area (Å²) in [5, 5.41) is 0.594. The standard InChI is InChI=1S/C35H43Cl2N4O4/c1-34(2)26-20-24(36)8-10-28(26)40(22-32(42)38-12-16-44-17-13-38)30(34)6-5-7-31-35(3,4)27-21-25(37)9-11-29(27)41(31)23-33(43)39-14-18-45-19-15-39/h5-11,20,25H,12-19,21-23H2,1-4H3/q+1. The number of fused-ring (bicyclic) bond motifs is 1. The van der Waals surface area contributed by atoms with E-state index in [4.69, 9.17) is 32.7 Å². The molecule has 1 aliphatic carbocycles. The van der Waals surface area contributed by atoms with Crippen LogP contribution in [-0.2, 0) is 24.5 Å². The Bertz CT molecular complexity index is 1530. The normalized spacial score (nSPS) is 25.1. The molecule has 8 nitrogen and oxygen atoms in total. The average Bonchev–Trinajstić information content (AvgIpc) is 3.36. The van der Waals surface area contributed by atoms with Gasteiger partial charge in [-0.3, -0.25) is 9.59 Å². The molecule has 4 heterocycles. The fourth-order valence-electron chi connectivity index (χ4n) is 7.23. The van der Waals surface area contributed by atoms with Crippen LogP contribution < -0.4 is 0 Å². The molecule has 1 aromatic rings. The van der Waals surface area contributed by atoms with Crippen molar-refractivity contribution in [2.45, 2.75) is 44.9 Å². The third kappa shape index (κ3) is 6.14. The lowest BCUT2D eigenvalue weighted by Gasteiger charge is -2.32. The SMILES string of the molecule is CC1(C)C(=CC=CC2=[N+](CC(=O)N3CCOCC3)c3ccc(Cl)cc3C2(C)C)N(CC(=O)N2CCOCC2)C2=C1CC(Cl)C=C2. The number of benzene rings is 1. The summed E-state index contributed by atoms with van der Waals surface area (Å²) >= 11 is 13.1. The summed E-state index contributed by atoms with van der Waals surface area (Å²) in [5.74, 6) is 0.163. The zero-order chi connectivity index (χ0) is 31.9. The lowest BCUT2D eigenvalue weighted by molar-refractivity contribution is -0.426. The fourth-order valence-corrected chi connectivity index (χ4v) is 7.63. The van der Waals surface area contributed by atoms with E-state index in [2.05, 4.69) is 61.5 Å². The maximum absolute atomic E-state index is 13.5. The summed E-state index contributed by atoms with van der Waals surface area (Å²) < 4.78 is 13.1. The van der Waals surface area contributed by atoms with Crippen LogP contribution in [0.1, 0.15) is 39.7 Å². The van der Waals surface area contributed by atoms with Crippen molar-refractivity contribution >= 4 is 46.4 Å². The van der Waals surface area contributed by atoms with Gasteiger partial charge in [0.25, 0.3) is 5.91 Å². The van der Waals surface area contributed by atoms with Crippen LogP contribution in [-0.4, -0.2) is 108 Å². The molecule has 240 valence electrons. The molecule has 0 N–H and O–H groups in total. The molecule has 5 aliphatic rings. The first-order valence-corrected chi connectivity index (χ1v) is 16.7. The fraction of sp³-hybridized carbons (Fsp3) is 0.514. The zero-order valence-corrected chi connectivity index (χ0v) is 28.2. The van der Waals surface area contributed by atoms with Crippen LogP contribution in [0.2, 0.25) is 5.02 Å². The van der Waals surface area contributed by atoms with Crippen molar-refractivity contribution in [1.82, 2.24) is 14.7 Å². The summed E-state index contributed by atoms with van der Waals surface area (Å²) in [6.45, 7) is 13.9. The number of rotatable bonds is 6. The highest BCUT2D eigenvalue weighted by Gasteiger charge is 2.46. The molecule has 2 amide bonds. The molecule has 0 spiro atoms. The number of amides is 2. The molecule has 0 bridgehead atoms. The minimum atomic E-state index is -0.385. The summed E-state index contributed by atoms with van der Waals surface area (Å²) in [7, 11) is 0. The topological polar surface area (TPSA) is 65.3 Å². The molecule has 4 aliphatic heterocycles. The third-order valence-electron chi connectivity index (χ3n) is 9.82. The Kier molecular flexibility index (Phi) is 9.05. The number of carbonyl (C=O) groups is 2. The molecule has 1 aromatic carbocycles. The van der Waals surface area contributed by atoms with E-state index in [1.165, 1.54) is 5.57 Å². The molecular formula is C35H43Cl2N4O4+. The smallest absolute Gasteiger partial charge is 0.288 e. The molecular weight excluding hydrogens is 611 g/mol. The molecule has 10 heteroatoms. The average molecular weight is 655 g/mol. The Balaban J connectivity index is 1.35. The highest BCUT2D eigenvalue weighted by molar-refractivity contribution is 6.30. The van der Waals surface area contributed by atoms with Crippen LogP contribution >= 0.6 is 23.2 Å². The van der Waals surface area contributed by atoms with E-state index < -0.39 is 0 Å². The van der Waals surface area contributed by atoms with E-state index in [0.29, 0.717) is 57.6 Å². The minimum Gasteiger partial charge on any atom is -0.378 e. The van der Waals surface area contributed by atoms with Crippen molar-refractivity contribution in [3.05, 3.63) is 76.1 Å². The first-order chi connectivity index (χ1) is 21.5. The van der Waals surface area contributed by atoms with Gasteiger partial charge in [0.05, 0.1) is 37.2 Å². The molecule has 45 heavy (non-hydrogen) atoms. The van der Waals surface area contributed by atoms with Crippen molar-refractivity contribution in [1.29, 1.82) is 0 Å². The Hall–Kier alpha value is -2.91. The van der Waals surface area contributed by atoms with Gasteiger partial charge >= 0.3 is 0 Å². The third-order valence-corrected chi connectivity index (χ3v) is 10.4. The highest BCUT2D eigenvalue weighted by Crippen LogP contribution is 2.51. The number of hydrogen-bond acceptors (Lipinski definition) is 5. The van der Waals surface area contributed by atoms with Crippen LogP contribution in [0.3, 0.4) is 0 Å². The molecule has 0 saturated carbocycles. The first-order valence-electron chi connectivity index (χ1n) is 15.9. The predicted octanol–water partition coefficient (Wildman–Crippen LogP) is 5.04. The Morgan fingerprint density at radius 3 is 2.29 bits per heavy atom. The zero-order valence-electron chi connectivity index (χ0n) is 26.7. The molecule has 0 radical (unpaired) electrons. The predicted molar refractivity (Wildman–Crippen MR) is 177 cm³/mol. The van der Waals surface area contributed by atoms with Gasteiger partial charge in [0.15, 0.2) is 5.71 Å². The number of alkyl halides is 1. The second-order valence-electron chi connectivity index (χ2n) is 13.3. The van der Waals surface area contributed by atoms with Gasteiger partial charge in [0, 0.05) is 65.7 Å². The summed E-state index contributed by atoms with van der Waals surface area (Å²) in [6.07, 6.45) is 11.1. The second-order valence-corrected chi connectivity index (χ2v) is 14.3. The Morgan fingerprint density at radius 1 is 0.978 bits per heavy atom. The van der Waals surface area contributed by atoms with E-state index in [1.54, 1.807) is 0 Å². The number of morpholine rings is 2. The van der Waals surface area contributed by atoms with Gasteiger partial charge in [-0.15, -0.1) is 11.6 Å². The van der Waals surface area contributed by atoms with Gasteiger partial charge in [0.2, 0.25) is 18.1 Å². The van der Waals surface area contributed by atoms with Crippen molar-refractivity contribution in [2.75, 3.05) is 65.7 Å². The molecule has 2 fully saturated rings. The van der Waals surface area contributed by atoms with E-state index in [1.807, 2.05) is 34.1 Å². The summed E-state index contributed by atoms with van der Waals surface area (Å²) in [4.78, 5) is 32.9. The van der Waals surface area contributed by atoms with Crippen LogP contribution in [0.4, 0.5) is 5.69 Å². The number of nitrogens with zero attached hydrogens (tertiary/aromatic N) is 4. The van der Waals surface area contributed by atoms with Gasteiger partial charge in [-0.25, -0.2) is 0 Å². The van der Waals surface area contributed by atoms with Crippen molar-refractivity contribution in [2.24, 2.45) is 5.41 Å². The van der Waals surface area contributed by atoms with E-state index in [0.717, 1.165) is 34.8 Å². The number of carbonyl (C=O) groups excluding carboxylic acids is 2. The Labute approximate surface area is 276 Å². The van der Waals surface area contributed by atoms with E-state index in [-0.39, 0.29) is 41.1 Å². The number of allylic oxidation sites excluding steroid dienone is 6. The van der Waals surface area contributed by atoms with Gasteiger partial charge in [0.1, 0.15) is 6.54 Å². The monoisotopic (exact) mass is 653 g/mol. The largest absolute Gasteiger partial charge is 0.378 e. The molecule has 1 unspecified atom stereocenters. The van der Waals surface area contributed by atoms with Crippen molar-refractivity contribution in [3.63, 3.8) is 0 Å². The maximum Gasteiger partial charge on any atom is 0.288 e. The van der Waals surface area contributed by atoms with Crippen molar-refractivity contribution in [3.8, 4) is 0 Å². The lowest BCUT2D eigenvalue weighted by atomic mass is 9.79. The van der Waals surface area contributed by atoms with Gasteiger partial charge in [-0.2, -0.15) is 4.58 Å².